The molecular weight excluding hydrogens is 162 g/mol. The molecule has 1 aliphatic rings. The lowest BCUT2D eigenvalue weighted by Gasteiger charge is -2.16. The number of nitrogens with two attached hydrogens (primary N) is 1. The minimum absolute atomic E-state index is 0.123. The third-order valence-electron chi connectivity index (χ3n) is 3.11. The molecule has 1 aliphatic carbocycles. The van der Waals surface area contributed by atoms with E-state index in [1.165, 1.54) is 31.2 Å². The largest absolute Gasteiger partial charge is 0.467 e. The normalized spacial score (nSPS) is 20.8. The molecular formula is C11H17NO. The molecule has 1 heterocycles. The van der Waals surface area contributed by atoms with Gasteiger partial charge in [-0.25, -0.2) is 0 Å². The van der Waals surface area contributed by atoms with Crippen molar-refractivity contribution in [1.29, 1.82) is 0 Å². The molecule has 1 saturated carbocycles. The second-order valence-electron chi connectivity index (χ2n) is 4.04. The summed E-state index contributed by atoms with van der Waals surface area (Å²) in [5.74, 6) is 1.64. The molecule has 1 aromatic rings. The average molecular weight is 179 g/mol. The number of furan rings is 1. The first-order valence-electron chi connectivity index (χ1n) is 5.08. The van der Waals surface area contributed by atoms with Crippen molar-refractivity contribution in [2.75, 3.05) is 0 Å². The van der Waals surface area contributed by atoms with Crippen molar-refractivity contribution in [1.82, 2.24) is 0 Å². The van der Waals surface area contributed by atoms with Gasteiger partial charge in [0.05, 0.1) is 12.3 Å². The van der Waals surface area contributed by atoms with E-state index in [2.05, 4.69) is 6.92 Å². The molecule has 1 atom stereocenters. The predicted octanol–water partition coefficient (Wildman–Crippen LogP) is 2.78. The van der Waals surface area contributed by atoms with Crippen LogP contribution in [-0.4, -0.2) is 0 Å². The van der Waals surface area contributed by atoms with Gasteiger partial charge < -0.3 is 10.2 Å². The molecule has 1 unspecified atom stereocenters. The van der Waals surface area contributed by atoms with Crippen LogP contribution in [0.5, 0.6) is 0 Å². The molecule has 13 heavy (non-hydrogen) atoms. The van der Waals surface area contributed by atoms with Crippen molar-refractivity contribution in [2.24, 2.45) is 11.7 Å². The molecule has 0 saturated heterocycles. The molecule has 0 aromatic carbocycles. The highest BCUT2D eigenvalue weighted by Gasteiger charge is 2.25. The SMILES string of the molecule is Cc1ccoc1C(N)C1CCCC1. The van der Waals surface area contributed by atoms with Crippen LogP contribution in [0.2, 0.25) is 0 Å². The summed E-state index contributed by atoms with van der Waals surface area (Å²) in [4.78, 5) is 0. The first-order valence-corrected chi connectivity index (χ1v) is 5.08. The van der Waals surface area contributed by atoms with Gasteiger partial charge in [-0.15, -0.1) is 0 Å². The van der Waals surface area contributed by atoms with Gasteiger partial charge in [0.25, 0.3) is 0 Å². The Balaban J connectivity index is 2.12. The Bertz CT molecular complexity index is 273. The number of hydrogen-bond acceptors (Lipinski definition) is 2. The van der Waals surface area contributed by atoms with Gasteiger partial charge in [-0.1, -0.05) is 12.8 Å². The monoisotopic (exact) mass is 179 g/mol. The zero-order valence-corrected chi connectivity index (χ0v) is 8.12. The first-order chi connectivity index (χ1) is 6.29. The number of aryl methyl sites for hydroxylation is 1. The highest BCUT2D eigenvalue weighted by atomic mass is 16.3. The van der Waals surface area contributed by atoms with Gasteiger partial charge in [-0.05, 0) is 37.3 Å². The van der Waals surface area contributed by atoms with Gasteiger partial charge >= 0.3 is 0 Å². The Morgan fingerprint density at radius 3 is 2.69 bits per heavy atom. The molecule has 1 aromatic heterocycles. The smallest absolute Gasteiger partial charge is 0.123 e. The Labute approximate surface area is 79.1 Å². The van der Waals surface area contributed by atoms with Gasteiger partial charge in [0.2, 0.25) is 0 Å². The third-order valence-corrected chi connectivity index (χ3v) is 3.11. The number of hydrogen-bond donors (Lipinski definition) is 1. The highest BCUT2D eigenvalue weighted by Crippen LogP contribution is 2.35. The maximum atomic E-state index is 6.15. The predicted molar refractivity (Wildman–Crippen MR) is 52.3 cm³/mol. The lowest BCUT2D eigenvalue weighted by molar-refractivity contribution is 0.367. The molecule has 0 bridgehead atoms. The zero-order valence-electron chi connectivity index (χ0n) is 8.12. The maximum Gasteiger partial charge on any atom is 0.123 e. The Hall–Kier alpha value is -0.760. The summed E-state index contributed by atoms with van der Waals surface area (Å²) in [5.41, 5.74) is 7.35. The fourth-order valence-corrected chi connectivity index (χ4v) is 2.26. The van der Waals surface area contributed by atoms with E-state index in [9.17, 15) is 0 Å². The molecule has 0 radical (unpaired) electrons. The van der Waals surface area contributed by atoms with Crippen molar-refractivity contribution >= 4 is 0 Å². The summed E-state index contributed by atoms with van der Waals surface area (Å²) in [6.45, 7) is 2.06. The molecule has 0 amide bonds. The molecule has 2 nitrogen and oxygen atoms in total. The van der Waals surface area contributed by atoms with Gasteiger partial charge in [0.1, 0.15) is 5.76 Å². The van der Waals surface area contributed by atoms with Gasteiger partial charge in [-0.2, -0.15) is 0 Å². The topological polar surface area (TPSA) is 39.2 Å². The van der Waals surface area contributed by atoms with Crippen LogP contribution in [0.15, 0.2) is 16.7 Å². The third kappa shape index (κ3) is 1.63. The van der Waals surface area contributed by atoms with Crippen LogP contribution in [0.4, 0.5) is 0 Å². The molecule has 2 N–H and O–H groups in total. The lowest BCUT2D eigenvalue weighted by Crippen LogP contribution is -2.19. The zero-order chi connectivity index (χ0) is 9.26. The quantitative estimate of drug-likeness (QED) is 0.758. The standard InChI is InChI=1S/C11H17NO/c1-8-6-7-13-11(8)10(12)9-4-2-3-5-9/h6-7,9-10H,2-5,12H2,1H3. The van der Waals surface area contributed by atoms with Gasteiger partial charge in [0, 0.05) is 0 Å². The fourth-order valence-electron chi connectivity index (χ4n) is 2.26. The van der Waals surface area contributed by atoms with Crippen molar-refractivity contribution in [2.45, 2.75) is 38.6 Å². The average Bonchev–Trinajstić information content (AvgIpc) is 2.72. The van der Waals surface area contributed by atoms with E-state index in [4.69, 9.17) is 10.2 Å². The summed E-state index contributed by atoms with van der Waals surface area (Å²) in [6.07, 6.45) is 6.93. The highest BCUT2D eigenvalue weighted by molar-refractivity contribution is 5.18. The van der Waals surface area contributed by atoms with E-state index < -0.39 is 0 Å². The van der Waals surface area contributed by atoms with Gasteiger partial charge in [0.15, 0.2) is 0 Å². The summed E-state index contributed by atoms with van der Waals surface area (Å²) in [7, 11) is 0. The Morgan fingerprint density at radius 1 is 1.46 bits per heavy atom. The van der Waals surface area contributed by atoms with Crippen molar-refractivity contribution in [3.8, 4) is 0 Å². The van der Waals surface area contributed by atoms with Crippen LogP contribution in [0.1, 0.15) is 43.0 Å². The van der Waals surface area contributed by atoms with Crippen molar-refractivity contribution in [3.05, 3.63) is 23.7 Å². The van der Waals surface area contributed by atoms with Crippen molar-refractivity contribution < 1.29 is 4.42 Å². The summed E-state index contributed by atoms with van der Waals surface area (Å²) in [5, 5.41) is 0. The minimum atomic E-state index is 0.123. The van der Waals surface area contributed by atoms with E-state index in [0.29, 0.717) is 5.92 Å². The van der Waals surface area contributed by atoms with Crippen LogP contribution in [0, 0.1) is 12.8 Å². The first kappa shape index (κ1) is 8.82. The summed E-state index contributed by atoms with van der Waals surface area (Å²) in [6, 6.07) is 2.11. The van der Waals surface area contributed by atoms with Crippen LogP contribution in [-0.2, 0) is 0 Å². The molecule has 2 rings (SSSR count). The minimum Gasteiger partial charge on any atom is -0.467 e. The summed E-state index contributed by atoms with van der Waals surface area (Å²) >= 11 is 0. The van der Waals surface area contributed by atoms with Crippen LogP contribution in [0.25, 0.3) is 0 Å². The lowest BCUT2D eigenvalue weighted by atomic mass is 9.95. The second kappa shape index (κ2) is 3.54. The molecule has 72 valence electrons. The Kier molecular flexibility index (Phi) is 2.40. The van der Waals surface area contributed by atoms with E-state index in [0.717, 1.165) is 5.76 Å². The molecule has 2 heteroatoms. The fraction of sp³-hybridized carbons (Fsp3) is 0.636. The van der Waals surface area contributed by atoms with Crippen LogP contribution >= 0.6 is 0 Å². The van der Waals surface area contributed by atoms with Gasteiger partial charge in [-0.3, -0.25) is 0 Å². The van der Waals surface area contributed by atoms with Crippen LogP contribution in [0.3, 0.4) is 0 Å². The summed E-state index contributed by atoms with van der Waals surface area (Å²) < 4.78 is 5.41. The molecule has 1 fully saturated rings. The van der Waals surface area contributed by atoms with Crippen molar-refractivity contribution in [3.63, 3.8) is 0 Å². The second-order valence-corrected chi connectivity index (χ2v) is 4.04. The van der Waals surface area contributed by atoms with E-state index in [1.807, 2.05) is 6.07 Å². The van der Waals surface area contributed by atoms with Crippen LogP contribution < -0.4 is 5.73 Å². The van der Waals surface area contributed by atoms with E-state index in [1.54, 1.807) is 6.26 Å². The molecule has 0 aliphatic heterocycles. The Morgan fingerprint density at radius 2 is 2.15 bits per heavy atom. The van der Waals surface area contributed by atoms with E-state index >= 15 is 0 Å². The maximum absolute atomic E-state index is 6.15. The van der Waals surface area contributed by atoms with E-state index in [-0.39, 0.29) is 6.04 Å². The number of rotatable bonds is 2. The molecule has 0 spiro atoms.